The van der Waals surface area contributed by atoms with Gasteiger partial charge in [-0.25, -0.2) is 9.29 Å². The van der Waals surface area contributed by atoms with Gasteiger partial charge in [-0.15, -0.1) is 0 Å². The highest BCUT2D eigenvalue weighted by Gasteiger charge is 2.67. The zero-order valence-corrected chi connectivity index (χ0v) is 27.2. The van der Waals surface area contributed by atoms with Crippen molar-refractivity contribution in [3.8, 4) is 11.5 Å². The summed E-state index contributed by atoms with van der Waals surface area (Å²) in [5, 5.41) is 19.2. The number of phenols is 1. The molecule has 2 heterocycles. The van der Waals surface area contributed by atoms with Gasteiger partial charge in [0, 0.05) is 18.9 Å². The Morgan fingerprint density at radius 2 is 1.77 bits per heavy atom. The zero-order valence-electron chi connectivity index (χ0n) is 25.7. The zero-order chi connectivity index (χ0) is 33.9. The number of hydrogen-bond donors (Lipinski definition) is 2. The molecule has 2 aliphatic carbocycles. The number of carbonyl (C=O) groups is 5. The van der Waals surface area contributed by atoms with Gasteiger partial charge in [0.15, 0.2) is 11.5 Å². The molecule has 47 heavy (non-hydrogen) atoms. The van der Waals surface area contributed by atoms with Crippen molar-refractivity contribution in [3.05, 3.63) is 63.4 Å². The van der Waals surface area contributed by atoms with Gasteiger partial charge in [-0.3, -0.25) is 28.9 Å². The van der Waals surface area contributed by atoms with Crippen LogP contribution < -0.4 is 9.64 Å². The van der Waals surface area contributed by atoms with Crippen molar-refractivity contribution in [1.29, 1.82) is 0 Å². The summed E-state index contributed by atoms with van der Waals surface area (Å²) in [6.07, 6.45) is 3.69. The predicted octanol–water partition coefficient (Wildman–Crippen LogP) is 5.72. The number of aliphatic carboxylic acids is 1. The second-order valence-electron chi connectivity index (χ2n) is 12.8. The number of allylic oxidation sites excluding steroid dienone is 2. The van der Waals surface area contributed by atoms with Crippen LogP contribution in [0.25, 0.3) is 0 Å². The van der Waals surface area contributed by atoms with E-state index in [2.05, 4.69) is 0 Å². The number of rotatable bonds is 9. The highest BCUT2D eigenvalue weighted by atomic mass is 35.5. The van der Waals surface area contributed by atoms with Crippen molar-refractivity contribution in [2.24, 2.45) is 29.1 Å². The average molecular weight is 688 g/mol. The van der Waals surface area contributed by atoms with Gasteiger partial charge in [0.1, 0.15) is 5.82 Å². The molecule has 0 bridgehead atoms. The molecule has 2 aliphatic heterocycles. The summed E-state index contributed by atoms with van der Waals surface area (Å²) < 4.78 is 19.5. The van der Waals surface area contributed by atoms with Crippen LogP contribution in [0.3, 0.4) is 0 Å². The number of halogens is 3. The van der Waals surface area contributed by atoms with Crippen LogP contribution in [0.15, 0.2) is 42.0 Å². The topological polar surface area (TPSA) is 142 Å². The monoisotopic (exact) mass is 686 g/mol. The molecule has 4 amide bonds. The maximum Gasteiger partial charge on any atom is 0.303 e. The van der Waals surface area contributed by atoms with Gasteiger partial charge in [-0.2, -0.15) is 0 Å². The number of unbranched alkanes of at least 4 members (excludes halogenated alkanes) is 2. The molecule has 2 aromatic carbocycles. The normalized spacial score (nSPS) is 28.3. The van der Waals surface area contributed by atoms with Crippen molar-refractivity contribution >= 4 is 58.5 Å². The third-order valence-electron chi connectivity index (χ3n) is 10.4. The number of likely N-dealkylation sites (tertiary alicyclic amines) is 1. The number of anilines is 1. The van der Waals surface area contributed by atoms with E-state index < -0.39 is 58.6 Å². The fourth-order valence-corrected chi connectivity index (χ4v) is 8.58. The maximum absolute atomic E-state index is 14.5. The molecule has 6 atom stereocenters. The minimum atomic E-state index is -1.39. The Morgan fingerprint density at radius 3 is 2.45 bits per heavy atom. The van der Waals surface area contributed by atoms with E-state index in [1.807, 2.05) is 6.08 Å². The highest BCUT2D eigenvalue weighted by Crippen LogP contribution is 2.64. The Kier molecular flexibility index (Phi) is 8.59. The van der Waals surface area contributed by atoms with Crippen LogP contribution in [0.4, 0.5) is 10.1 Å². The second kappa shape index (κ2) is 12.2. The van der Waals surface area contributed by atoms with Gasteiger partial charge < -0.3 is 14.9 Å². The number of methoxy groups -OCH3 is 1. The molecule has 0 aromatic heterocycles. The van der Waals surface area contributed by atoms with E-state index in [4.69, 9.17) is 33.0 Å². The van der Waals surface area contributed by atoms with E-state index in [9.17, 15) is 33.5 Å². The summed E-state index contributed by atoms with van der Waals surface area (Å²) in [4.78, 5) is 69.5. The first kappa shape index (κ1) is 33.0. The summed E-state index contributed by atoms with van der Waals surface area (Å²) >= 11 is 12.5. The molecule has 2 saturated heterocycles. The van der Waals surface area contributed by atoms with Crippen LogP contribution in [-0.4, -0.2) is 58.4 Å². The van der Waals surface area contributed by atoms with E-state index in [1.165, 1.54) is 30.2 Å². The van der Waals surface area contributed by atoms with Crippen molar-refractivity contribution in [3.63, 3.8) is 0 Å². The average Bonchev–Trinajstić information content (AvgIpc) is 3.39. The van der Waals surface area contributed by atoms with Gasteiger partial charge in [-0.1, -0.05) is 41.3 Å². The third-order valence-corrected chi connectivity index (χ3v) is 11.0. The van der Waals surface area contributed by atoms with E-state index >= 15 is 0 Å². The van der Waals surface area contributed by atoms with Crippen LogP contribution in [-0.2, 0) is 24.0 Å². The van der Waals surface area contributed by atoms with Crippen LogP contribution in [0.1, 0.15) is 56.9 Å². The van der Waals surface area contributed by atoms with Gasteiger partial charge in [-0.05, 0) is 74.4 Å². The van der Waals surface area contributed by atoms with E-state index in [1.54, 1.807) is 13.0 Å². The molecule has 6 unspecified atom stereocenters. The summed E-state index contributed by atoms with van der Waals surface area (Å²) in [6, 6.07) is 6.68. The van der Waals surface area contributed by atoms with Crippen LogP contribution in [0.2, 0.25) is 10.0 Å². The number of carboxylic acid groups (broad SMARTS) is 1. The molecule has 0 radical (unpaired) electrons. The Hall–Kier alpha value is -3.96. The Bertz CT molecular complexity index is 1750. The summed E-state index contributed by atoms with van der Waals surface area (Å²) in [5.41, 5.74) is -0.0799. The molecule has 2 N–H and O–H groups in total. The lowest BCUT2D eigenvalue weighted by molar-refractivity contribution is -0.141. The summed E-state index contributed by atoms with van der Waals surface area (Å²) in [7, 11) is 1.36. The Balaban J connectivity index is 1.42. The number of carboxylic acids is 1. The smallest absolute Gasteiger partial charge is 0.303 e. The fraction of sp³-hybridized carbons (Fsp3) is 0.441. The first-order chi connectivity index (χ1) is 22.3. The molecule has 248 valence electrons. The number of hydrogen-bond acceptors (Lipinski definition) is 7. The molecule has 0 spiro atoms. The van der Waals surface area contributed by atoms with Gasteiger partial charge in [0.2, 0.25) is 23.6 Å². The lowest BCUT2D eigenvalue weighted by Gasteiger charge is -2.49. The molecule has 13 heteroatoms. The highest BCUT2D eigenvalue weighted by molar-refractivity contribution is 6.32. The summed E-state index contributed by atoms with van der Waals surface area (Å²) in [5.74, 6) is -7.29. The lowest BCUT2D eigenvalue weighted by Crippen LogP contribution is -2.48. The van der Waals surface area contributed by atoms with Crippen LogP contribution >= 0.6 is 23.2 Å². The third kappa shape index (κ3) is 5.18. The number of nitrogens with zero attached hydrogens (tertiary/aromatic N) is 2. The van der Waals surface area contributed by atoms with E-state index in [-0.39, 0.29) is 64.9 Å². The maximum atomic E-state index is 14.5. The van der Waals surface area contributed by atoms with Crippen molar-refractivity contribution < 1.29 is 43.3 Å². The van der Waals surface area contributed by atoms with Crippen molar-refractivity contribution in [1.82, 2.24) is 4.90 Å². The molecular formula is C34H33Cl2FN2O8. The number of phenolic OH excluding ortho intramolecular Hbond substituents is 1. The Labute approximate surface area is 280 Å². The first-order valence-electron chi connectivity index (χ1n) is 15.5. The molecule has 1 saturated carbocycles. The summed E-state index contributed by atoms with van der Waals surface area (Å²) in [6.45, 7) is 1.85. The molecular weight excluding hydrogens is 654 g/mol. The standard InChI is InChI=1S/C34H33Cl2FN2O8/c1-34-21(31(44)39(33(34)46)17-7-10-24(37)22(35)14-17)15-20-18(28(34)16-12-23(36)29(42)25(13-16)47-2)8-9-19-27(20)32(45)38(30(19)43)11-5-3-4-6-26(40)41/h7-8,10,12-14,19-21,27-28,42H,3-6,9,11,15H2,1-2H3,(H,40,41). The van der Waals surface area contributed by atoms with Gasteiger partial charge in [0.05, 0.1) is 46.0 Å². The first-order valence-corrected chi connectivity index (χ1v) is 16.2. The Morgan fingerprint density at radius 1 is 1.02 bits per heavy atom. The number of amides is 4. The molecule has 2 aromatic rings. The number of ether oxygens (including phenoxy) is 1. The number of aromatic hydroxyl groups is 1. The minimum absolute atomic E-state index is 0.00397. The second-order valence-corrected chi connectivity index (χ2v) is 13.7. The SMILES string of the molecule is COc1cc(C2C3=CCC4C(=O)N(CCCCCC(=O)O)C(=O)C4C3CC3C(=O)N(c4ccc(F)c(Cl)c4)C(=O)C32C)cc(Cl)c1O. The number of benzene rings is 2. The van der Waals surface area contributed by atoms with E-state index in [0.717, 1.165) is 16.5 Å². The number of fused-ring (bicyclic) bond motifs is 4. The van der Waals surface area contributed by atoms with Crippen molar-refractivity contribution in [2.45, 2.75) is 51.4 Å². The van der Waals surface area contributed by atoms with Gasteiger partial charge in [0.25, 0.3) is 0 Å². The van der Waals surface area contributed by atoms with Crippen LogP contribution in [0.5, 0.6) is 11.5 Å². The van der Waals surface area contributed by atoms with Gasteiger partial charge >= 0.3 is 5.97 Å². The molecule has 4 aliphatic rings. The lowest BCUT2D eigenvalue weighted by atomic mass is 9.51. The molecule has 3 fully saturated rings. The van der Waals surface area contributed by atoms with E-state index in [0.29, 0.717) is 24.8 Å². The predicted molar refractivity (Wildman–Crippen MR) is 169 cm³/mol. The van der Waals surface area contributed by atoms with Crippen LogP contribution in [0, 0.1) is 34.9 Å². The van der Waals surface area contributed by atoms with Crippen molar-refractivity contribution in [2.75, 3.05) is 18.6 Å². The quantitative estimate of drug-likeness (QED) is 0.194. The molecule has 10 nitrogen and oxygen atoms in total. The number of imide groups is 2. The largest absolute Gasteiger partial charge is 0.503 e. The molecule has 6 rings (SSSR count). The fourth-order valence-electron chi connectivity index (χ4n) is 8.19. The minimum Gasteiger partial charge on any atom is -0.503 e. The number of carbonyl (C=O) groups excluding carboxylic acids is 4.